The van der Waals surface area contributed by atoms with Crippen molar-refractivity contribution in [1.29, 1.82) is 0 Å². The average molecular weight is 483 g/mol. The Balaban J connectivity index is 0.00000261. The van der Waals surface area contributed by atoms with Crippen LogP contribution in [0.3, 0.4) is 0 Å². The van der Waals surface area contributed by atoms with Gasteiger partial charge in [0, 0.05) is 31.6 Å². The van der Waals surface area contributed by atoms with Crippen LogP contribution < -0.4 is 24.8 Å². The third-order valence-corrected chi connectivity index (χ3v) is 4.38. The number of nitrogens with zero attached hydrogens (tertiary/aromatic N) is 1. The third kappa shape index (κ3) is 5.41. The number of halogens is 1. The minimum Gasteiger partial charge on any atom is -0.497 e. The second-order valence-corrected chi connectivity index (χ2v) is 6.04. The van der Waals surface area contributed by atoms with Crippen molar-refractivity contribution < 1.29 is 14.2 Å². The van der Waals surface area contributed by atoms with E-state index in [0.717, 1.165) is 35.2 Å². The van der Waals surface area contributed by atoms with Gasteiger partial charge < -0.3 is 24.8 Å². The monoisotopic (exact) mass is 483 g/mol. The zero-order valence-electron chi connectivity index (χ0n) is 15.8. The van der Waals surface area contributed by atoms with E-state index >= 15 is 0 Å². The molecule has 146 valence electrons. The Morgan fingerprint density at radius 3 is 2.67 bits per heavy atom. The Bertz CT molecular complexity index is 758. The lowest BCUT2D eigenvalue weighted by Gasteiger charge is -2.16. The maximum atomic E-state index is 5.95. The second kappa shape index (κ2) is 10.2. The fourth-order valence-electron chi connectivity index (χ4n) is 2.98. The maximum absolute atomic E-state index is 5.95. The van der Waals surface area contributed by atoms with Gasteiger partial charge in [0.05, 0.1) is 20.8 Å². The Kier molecular flexibility index (Phi) is 8.02. The molecule has 3 rings (SSSR count). The number of benzene rings is 2. The number of ether oxygens (including phenoxy) is 3. The quantitative estimate of drug-likeness (QED) is 0.376. The van der Waals surface area contributed by atoms with Crippen LogP contribution in [0.5, 0.6) is 17.2 Å². The van der Waals surface area contributed by atoms with E-state index in [4.69, 9.17) is 14.2 Å². The largest absolute Gasteiger partial charge is 0.497 e. The number of para-hydroxylation sites is 1. The van der Waals surface area contributed by atoms with E-state index in [-0.39, 0.29) is 30.1 Å². The van der Waals surface area contributed by atoms with E-state index in [2.05, 4.69) is 21.7 Å². The normalized spacial score (nSPS) is 15.2. The summed E-state index contributed by atoms with van der Waals surface area (Å²) in [5.41, 5.74) is 2.28. The summed E-state index contributed by atoms with van der Waals surface area (Å²) in [6.45, 7) is 1.28. The number of guanidine groups is 1. The molecular formula is C20H26IN3O3. The van der Waals surface area contributed by atoms with E-state index in [1.165, 1.54) is 5.56 Å². The number of aliphatic imine (C=N–C) groups is 1. The summed E-state index contributed by atoms with van der Waals surface area (Å²) in [7, 11) is 5.05. The van der Waals surface area contributed by atoms with Gasteiger partial charge in [0.1, 0.15) is 23.4 Å². The van der Waals surface area contributed by atoms with Crippen LogP contribution in [0.2, 0.25) is 0 Å². The molecule has 0 aliphatic carbocycles. The zero-order chi connectivity index (χ0) is 18.4. The molecular weight excluding hydrogens is 457 g/mol. The Labute approximate surface area is 177 Å². The van der Waals surface area contributed by atoms with Gasteiger partial charge in [-0.25, -0.2) is 0 Å². The molecule has 7 heteroatoms. The molecule has 0 saturated heterocycles. The molecule has 1 aliphatic rings. The number of fused-ring (bicyclic) bond motifs is 1. The topological polar surface area (TPSA) is 64.1 Å². The standard InChI is InChI=1S/C20H25N3O3.HI/c1-21-20(22-12-15-8-9-16(24-2)11-19(15)25-3)23-13-17-10-14-6-4-5-7-18(14)26-17;/h4-9,11,17H,10,12-13H2,1-3H3,(H2,21,22,23);1H. The van der Waals surface area contributed by atoms with E-state index < -0.39 is 0 Å². The molecule has 1 heterocycles. The van der Waals surface area contributed by atoms with E-state index in [1.807, 2.05) is 36.4 Å². The molecule has 0 radical (unpaired) electrons. The van der Waals surface area contributed by atoms with Gasteiger partial charge in [0.2, 0.25) is 0 Å². The lowest BCUT2D eigenvalue weighted by Crippen LogP contribution is -2.42. The summed E-state index contributed by atoms with van der Waals surface area (Å²) < 4.78 is 16.6. The lowest BCUT2D eigenvalue weighted by molar-refractivity contribution is 0.235. The van der Waals surface area contributed by atoms with Crippen molar-refractivity contribution in [2.75, 3.05) is 27.8 Å². The summed E-state index contributed by atoms with van der Waals surface area (Å²) in [6.07, 6.45) is 1.02. The van der Waals surface area contributed by atoms with Gasteiger partial charge in [-0.2, -0.15) is 0 Å². The third-order valence-electron chi connectivity index (χ3n) is 4.38. The molecule has 0 fully saturated rings. The SMILES string of the molecule is CN=C(NCc1ccc(OC)cc1OC)NCC1Cc2ccccc2O1.I. The predicted octanol–water partition coefficient (Wildman–Crippen LogP) is 2.99. The Morgan fingerprint density at radius 2 is 1.96 bits per heavy atom. The average Bonchev–Trinajstić information content (AvgIpc) is 3.11. The van der Waals surface area contributed by atoms with Crippen LogP contribution in [-0.2, 0) is 13.0 Å². The zero-order valence-corrected chi connectivity index (χ0v) is 18.2. The highest BCUT2D eigenvalue weighted by Gasteiger charge is 2.22. The highest BCUT2D eigenvalue weighted by molar-refractivity contribution is 14.0. The minimum atomic E-state index is 0. The smallest absolute Gasteiger partial charge is 0.191 e. The van der Waals surface area contributed by atoms with Crippen molar-refractivity contribution in [1.82, 2.24) is 10.6 Å². The molecule has 0 aromatic heterocycles. The van der Waals surface area contributed by atoms with E-state index in [0.29, 0.717) is 13.1 Å². The van der Waals surface area contributed by atoms with Gasteiger partial charge in [-0.1, -0.05) is 18.2 Å². The van der Waals surface area contributed by atoms with Gasteiger partial charge in [-0.05, 0) is 23.8 Å². The number of hydrogen-bond donors (Lipinski definition) is 2. The summed E-state index contributed by atoms with van der Waals surface area (Å²) >= 11 is 0. The summed E-state index contributed by atoms with van der Waals surface area (Å²) in [5, 5.41) is 6.63. The van der Waals surface area contributed by atoms with Gasteiger partial charge in [-0.3, -0.25) is 4.99 Å². The molecule has 1 atom stereocenters. The molecule has 1 aliphatic heterocycles. The first-order valence-electron chi connectivity index (χ1n) is 8.63. The van der Waals surface area contributed by atoms with Gasteiger partial charge in [0.15, 0.2) is 5.96 Å². The van der Waals surface area contributed by atoms with Crippen molar-refractivity contribution >= 4 is 29.9 Å². The number of hydrogen-bond acceptors (Lipinski definition) is 4. The molecule has 0 amide bonds. The summed E-state index contributed by atoms with van der Waals surface area (Å²) in [5.74, 6) is 3.25. The van der Waals surface area contributed by atoms with Crippen LogP contribution >= 0.6 is 24.0 Å². The predicted molar refractivity (Wildman–Crippen MR) is 118 cm³/mol. The molecule has 2 N–H and O–H groups in total. The first-order chi connectivity index (χ1) is 12.7. The second-order valence-electron chi connectivity index (χ2n) is 6.04. The van der Waals surface area contributed by atoms with E-state index in [1.54, 1.807) is 21.3 Å². The molecule has 1 unspecified atom stereocenters. The van der Waals surface area contributed by atoms with Crippen molar-refractivity contribution in [3.63, 3.8) is 0 Å². The Morgan fingerprint density at radius 1 is 1.15 bits per heavy atom. The fourth-order valence-corrected chi connectivity index (χ4v) is 2.98. The number of nitrogens with one attached hydrogen (secondary N) is 2. The number of methoxy groups -OCH3 is 2. The van der Waals surface area contributed by atoms with Crippen LogP contribution in [0, 0.1) is 0 Å². The molecule has 0 bridgehead atoms. The first kappa shape index (κ1) is 21.1. The Hall–Kier alpha value is -2.16. The highest BCUT2D eigenvalue weighted by Crippen LogP contribution is 2.27. The van der Waals surface area contributed by atoms with Crippen molar-refractivity contribution in [2.24, 2.45) is 4.99 Å². The molecule has 2 aromatic carbocycles. The van der Waals surface area contributed by atoms with Gasteiger partial charge in [0.25, 0.3) is 0 Å². The molecule has 0 spiro atoms. The van der Waals surface area contributed by atoms with Crippen molar-refractivity contribution in [3.8, 4) is 17.2 Å². The van der Waals surface area contributed by atoms with Crippen LogP contribution in [0.25, 0.3) is 0 Å². The van der Waals surface area contributed by atoms with Gasteiger partial charge >= 0.3 is 0 Å². The lowest BCUT2D eigenvalue weighted by atomic mass is 10.1. The molecule has 0 saturated carbocycles. The van der Waals surface area contributed by atoms with Crippen molar-refractivity contribution in [2.45, 2.75) is 19.1 Å². The molecule has 2 aromatic rings. The first-order valence-corrected chi connectivity index (χ1v) is 8.63. The molecule has 27 heavy (non-hydrogen) atoms. The number of rotatable bonds is 6. The van der Waals surface area contributed by atoms with Gasteiger partial charge in [-0.15, -0.1) is 24.0 Å². The summed E-state index contributed by atoms with van der Waals surface area (Å²) in [6, 6.07) is 13.9. The molecule has 6 nitrogen and oxygen atoms in total. The highest BCUT2D eigenvalue weighted by atomic mass is 127. The van der Waals surface area contributed by atoms with Crippen molar-refractivity contribution in [3.05, 3.63) is 53.6 Å². The maximum Gasteiger partial charge on any atom is 0.191 e. The van der Waals surface area contributed by atoms with Crippen LogP contribution in [0.15, 0.2) is 47.5 Å². The minimum absolute atomic E-state index is 0. The van der Waals surface area contributed by atoms with Crippen LogP contribution in [0.1, 0.15) is 11.1 Å². The van der Waals surface area contributed by atoms with E-state index in [9.17, 15) is 0 Å². The van der Waals surface area contributed by atoms with Crippen LogP contribution in [-0.4, -0.2) is 39.9 Å². The summed E-state index contributed by atoms with van der Waals surface area (Å²) in [4.78, 5) is 4.28. The fraction of sp³-hybridized carbons (Fsp3) is 0.350. The van der Waals surface area contributed by atoms with Crippen LogP contribution in [0.4, 0.5) is 0 Å².